The fourth-order valence-corrected chi connectivity index (χ4v) is 0.660. The Balaban J connectivity index is 0.000000561. The molecule has 12 heavy (non-hydrogen) atoms. The molecule has 0 saturated carbocycles. The Kier molecular flexibility index (Phi) is 5.17. The molecule has 0 aliphatic heterocycles. The smallest absolute Gasteiger partial charge is 0.131 e. The Morgan fingerprint density at radius 3 is 1.75 bits per heavy atom. The first-order chi connectivity index (χ1) is 5.75. The molecule has 1 aromatic rings. The highest BCUT2D eigenvalue weighted by Gasteiger charge is 2.05. The first-order valence-electron chi connectivity index (χ1n) is 3.74. The van der Waals surface area contributed by atoms with Gasteiger partial charge in [-0.1, -0.05) is 19.9 Å². The van der Waals surface area contributed by atoms with Crippen LogP contribution in [-0.2, 0) is 6.67 Å². The van der Waals surface area contributed by atoms with Crippen LogP contribution in [0.3, 0.4) is 0 Å². The molecule has 1 rings (SSSR count). The zero-order valence-electron chi connectivity index (χ0n) is 7.07. The number of hydrogen-bond acceptors (Lipinski definition) is 0. The fraction of sp³-hybridized carbons (Fsp3) is 0.333. The number of benzene rings is 1. The van der Waals surface area contributed by atoms with Gasteiger partial charge in [0.15, 0.2) is 0 Å². The molecule has 3 heteroatoms. The van der Waals surface area contributed by atoms with E-state index in [4.69, 9.17) is 0 Å². The molecule has 1 aromatic carbocycles. The molecule has 0 unspecified atom stereocenters. The third kappa shape index (κ3) is 2.57. The second kappa shape index (κ2) is 5.63. The minimum atomic E-state index is -1.10. The van der Waals surface area contributed by atoms with E-state index in [2.05, 4.69) is 0 Å². The van der Waals surface area contributed by atoms with Crippen LogP contribution in [-0.4, -0.2) is 0 Å². The molecule has 0 aliphatic rings. The number of hydrogen-bond donors (Lipinski definition) is 0. The van der Waals surface area contributed by atoms with Crippen LogP contribution in [0.25, 0.3) is 0 Å². The largest absolute Gasteiger partial charge is 0.246 e. The molecule has 0 aliphatic carbocycles. The summed E-state index contributed by atoms with van der Waals surface area (Å²) >= 11 is 0. The van der Waals surface area contributed by atoms with Crippen molar-refractivity contribution in [1.29, 1.82) is 0 Å². The predicted molar refractivity (Wildman–Crippen MR) is 42.5 cm³/mol. The van der Waals surface area contributed by atoms with E-state index >= 15 is 0 Å². The molecule has 0 fully saturated rings. The van der Waals surface area contributed by atoms with Crippen LogP contribution in [0.15, 0.2) is 18.2 Å². The summed E-state index contributed by atoms with van der Waals surface area (Å²) in [6.45, 7) is 2.90. The van der Waals surface area contributed by atoms with Gasteiger partial charge in [0, 0.05) is 0 Å². The lowest BCUT2D eigenvalue weighted by Gasteiger charge is -1.96. The molecule has 0 aromatic heterocycles. The van der Waals surface area contributed by atoms with Gasteiger partial charge in [0.25, 0.3) is 0 Å². The minimum absolute atomic E-state index is 0.498. The molecule has 0 heterocycles. The molecule has 0 spiro atoms. The van der Waals surface area contributed by atoms with Crippen molar-refractivity contribution in [3.8, 4) is 0 Å². The Morgan fingerprint density at radius 2 is 1.50 bits per heavy atom. The van der Waals surface area contributed by atoms with Crippen LogP contribution in [0.2, 0.25) is 0 Å². The standard InChI is InChI=1S/C7H5F3.C2H6/c8-4-5-6(9)2-1-3-7(5)10;1-2/h1-3H,4H2;1-2H3. The van der Waals surface area contributed by atoms with Crippen molar-refractivity contribution < 1.29 is 13.2 Å². The maximum Gasteiger partial charge on any atom is 0.131 e. The molecule has 0 amide bonds. The van der Waals surface area contributed by atoms with Crippen LogP contribution in [0.1, 0.15) is 19.4 Å². The van der Waals surface area contributed by atoms with E-state index in [0.29, 0.717) is 0 Å². The average Bonchev–Trinajstić information content (AvgIpc) is 2.08. The van der Waals surface area contributed by atoms with Crippen molar-refractivity contribution in [1.82, 2.24) is 0 Å². The monoisotopic (exact) mass is 176 g/mol. The van der Waals surface area contributed by atoms with E-state index in [-0.39, 0.29) is 0 Å². The maximum atomic E-state index is 12.4. The second-order valence-corrected chi connectivity index (χ2v) is 1.83. The number of rotatable bonds is 1. The van der Waals surface area contributed by atoms with Crippen molar-refractivity contribution in [3.05, 3.63) is 35.4 Å². The van der Waals surface area contributed by atoms with Gasteiger partial charge in [0.1, 0.15) is 18.3 Å². The summed E-state index contributed by atoms with van der Waals surface area (Å²) in [7, 11) is 0. The normalized spacial score (nSPS) is 8.75. The van der Waals surface area contributed by atoms with E-state index < -0.39 is 23.9 Å². The third-order valence-electron chi connectivity index (χ3n) is 1.20. The summed E-state index contributed by atoms with van der Waals surface area (Å²) in [6, 6.07) is 3.25. The highest BCUT2D eigenvalue weighted by atomic mass is 19.1. The lowest BCUT2D eigenvalue weighted by atomic mass is 10.2. The van der Waals surface area contributed by atoms with Gasteiger partial charge in [-0.3, -0.25) is 0 Å². The van der Waals surface area contributed by atoms with Crippen molar-refractivity contribution in [2.75, 3.05) is 0 Å². The van der Waals surface area contributed by atoms with E-state index in [0.717, 1.165) is 12.1 Å². The summed E-state index contributed by atoms with van der Waals surface area (Å²) in [5, 5.41) is 0. The summed E-state index contributed by atoms with van der Waals surface area (Å²) < 4.78 is 36.5. The van der Waals surface area contributed by atoms with E-state index in [1.165, 1.54) is 6.07 Å². The summed E-state index contributed by atoms with van der Waals surface area (Å²) in [4.78, 5) is 0. The molecule has 0 bridgehead atoms. The molecule has 0 nitrogen and oxygen atoms in total. The molecular weight excluding hydrogens is 165 g/mol. The second-order valence-electron chi connectivity index (χ2n) is 1.83. The predicted octanol–water partition coefficient (Wildman–Crippen LogP) is 3.46. The fourth-order valence-electron chi connectivity index (χ4n) is 0.660. The summed E-state index contributed by atoms with van der Waals surface area (Å²) in [5.74, 6) is -1.66. The Labute approximate surface area is 70.0 Å². The van der Waals surface area contributed by atoms with Gasteiger partial charge in [0.05, 0.1) is 5.56 Å². The average molecular weight is 176 g/mol. The number of alkyl halides is 1. The minimum Gasteiger partial charge on any atom is -0.246 e. The van der Waals surface area contributed by atoms with Crippen LogP contribution >= 0.6 is 0 Å². The van der Waals surface area contributed by atoms with Gasteiger partial charge in [-0.25, -0.2) is 13.2 Å². The summed E-state index contributed by atoms with van der Waals surface area (Å²) in [5.41, 5.74) is -0.498. The molecule has 0 N–H and O–H groups in total. The van der Waals surface area contributed by atoms with Crippen LogP contribution in [0.5, 0.6) is 0 Å². The van der Waals surface area contributed by atoms with E-state index in [1.807, 2.05) is 13.8 Å². The van der Waals surface area contributed by atoms with Crippen molar-refractivity contribution >= 4 is 0 Å². The van der Waals surface area contributed by atoms with Crippen molar-refractivity contribution in [3.63, 3.8) is 0 Å². The summed E-state index contributed by atoms with van der Waals surface area (Å²) in [6.07, 6.45) is 0. The quantitative estimate of drug-likeness (QED) is 0.614. The van der Waals surface area contributed by atoms with Gasteiger partial charge in [0.2, 0.25) is 0 Å². The zero-order chi connectivity index (χ0) is 9.56. The Morgan fingerprint density at radius 1 is 1.08 bits per heavy atom. The first kappa shape index (κ1) is 11.0. The Hall–Kier alpha value is -0.990. The molecule has 68 valence electrons. The third-order valence-corrected chi connectivity index (χ3v) is 1.20. The highest BCUT2D eigenvalue weighted by molar-refractivity contribution is 5.18. The zero-order valence-corrected chi connectivity index (χ0v) is 7.07. The molecule has 0 atom stereocenters. The van der Waals surface area contributed by atoms with Crippen LogP contribution in [0, 0.1) is 11.6 Å². The number of halogens is 3. The lowest BCUT2D eigenvalue weighted by Crippen LogP contribution is -1.90. The van der Waals surface area contributed by atoms with Gasteiger partial charge in [-0.15, -0.1) is 0 Å². The van der Waals surface area contributed by atoms with Gasteiger partial charge >= 0.3 is 0 Å². The molecule has 0 radical (unpaired) electrons. The molecular formula is C9H11F3. The van der Waals surface area contributed by atoms with Gasteiger partial charge in [-0.05, 0) is 12.1 Å². The van der Waals surface area contributed by atoms with Gasteiger partial charge < -0.3 is 0 Å². The van der Waals surface area contributed by atoms with Crippen LogP contribution in [0.4, 0.5) is 13.2 Å². The first-order valence-corrected chi connectivity index (χ1v) is 3.74. The topological polar surface area (TPSA) is 0 Å². The van der Waals surface area contributed by atoms with E-state index in [9.17, 15) is 13.2 Å². The van der Waals surface area contributed by atoms with E-state index in [1.54, 1.807) is 0 Å². The molecule has 0 saturated heterocycles. The Bertz CT molecular complexity index is 213. The maximum absolute atomic E-state index is 12.4. The van der Waals surface area contributed by atoms with Crippen molar-refractivity contribution in [2.24, 2.45) is 0 Å². The van der Waals surface area contributed by atoms with Crippen molar-refractivity contribution in [2.45, 2.75) is 20.5 Å². The van der Waals surface area contributed by atoms with Crippen LogP contribution < -0.4 is 0 Å². The lowest BCUT2D eigenvalue weighted by molar-refractivity contribution is 0.440. The van der Waals surface area contributed by atoms with Gasteiger partial charge in [-0.2, -0.15) is 0 Å². The SMILES string of the molecule is CC.FCc1c(F)cccc1F. The highest BCUT2D eigenvalue weighted by Crippen LogP contribution is 2.12.